The minimum Gasteiger partial charge on any atom is -0.337 e. The van der Waals surface area contributed by atoms with Gasteiger partial charge in [0.15, 0.2) is 0 Å². The average Bonchev–Trinajstić information content (AvgIpc) is 2.66. The largest absolute Gasteiger partial charge is 0.337 e. The quantitative estimate of drug-likeness (QED) is 0.915. The Labute approximate surface area is 127 Å². The summed E-state index contributed by atoms with van der Waals surface area (Å²) >= 11 is 0. The van der Waals surface area contributed by atoms with E-state index in [9.17, 15) is 4.79 Å². The fraction of sp³-hybridized carbons (Fsp3) is 0.750. The maximum atomic E-state index is 12.6. The smallest absolute Gasteiger partial charge is 0.227 e. The van der Waals surface area contributed by atoms with Crippen LogP contribution in [0.25, 0.3) is 0 Å². The number of piperazine rings is 1. The first kappa shape index (κ1) is 16.0. The molecule has 1 N–H and O–H groups in total. The summed E-state index contributed by atoms with van der Waals surface area (Å²) in [6, 6.07) is 0.276. The molecule has 0 aromatic carbocycles. The van der Waals surface area contributed by atoms with E-state index in [1.807, 2.05) is 16.5 Å². The maximum absolute atomic E-state index is 12.6. The third-order valence-electron chi connectivity index (χ3n) is 4.22. The molecule has 5 nitrogen and oxygen atoms in total. The van der Waals surface area contributed by atoms with Gasteiger partial charge in [-0.1, -0.05) is 13.8 Å². The number of hydrogen-bond acceptors (Lipinski definition) is 3. The van der Waals surface area contributed by atoms with Gasteiger partial charge in [0, 0.05) is 43.5 Å². The molecule has 2 rings (SSSR count). The van der Waals surface area contributed by atoms with Crippen LogP contribution in [0.1, 0.15) is 37.7 Å². The summed E-state index contributed by atoms with van der Waals surface area (Å²) in [7, 11) is 0. The lowest BCUT2D eigenvalue weighted by Crippen LogP contribution is -2.52. The standard InChI is InChI=1S/C16H28N4O/c1-11(2)10-20-14(5)15(13(4)18-20)8-16(21)19-7-6-17-9-12(19)3/h11-12,17H,6-10H2,1-5H3. The van der Waals surface area contributed by atoms with Gasteiger partial charge in [-0.3, -0.25) is 9.48 Å². The monoisotopic (exact) mass is 292 g/mol. The van der Waals surface area contributed by atoms with Crippen molar-refractivity contribution >= 4 is 5.91 Å². The van der Waals surface area contributed by atoms with Gasteiger partial charge in [0.25, 0.3) is 0 Å². The average molecular weight is 292 g/mol. The van der Waals surface area contributed by atoms with Crippen LogP contribution in [0.4, 0.5) is 0 Å². The zero-order valence-corrected chi connectivity index (χ0v) is 13.9. The number of aromatic nitrogens is 2. The summed E-state index contributed by atoms with van der Waals surface area (Å²) in [5, 5.41) is 7.92. The Morgan fingerprint density at radius 2 is 2.14 bits per heavy atom. The van der Waals surface area contributed by atoms with E-state index in [-0.39, 0.29) is 11.9 Å². The van der Waals surface area contributed by atoms with E-state index in [0.717, 1.165) is 43.1 Å². The van der Waals surface area contributed by atoms with Crippen LogP contribution < -0.4 is 5.32 Å². The number of hydrogen-bond donors (Lipinski definition) is 1. The molecule has 1 fully saturated rings. The van der Waals surface area contributed by atoms with Crippen LogP contribution in [0.15, 0.2) is 0 Å². The highest BCUT2D eigenvalue weighted by atomic mass is 16.2. The second-order valence-corrected chi connectivity index (χ2v) is 6.54. The van der Waals surface area contributed by atoms with Gasteiger partial charge in [-0.05, 0) is 26.7 Å². The van der Waals surface area contributed by atoms with Crippen LogP contribution >= 0.6 is 0 Å². The minimum absolute atomic E-state index is 0.222. The van der Waals surface area contributed by atoms with Crippen molar-refractivity contribution < 1.29 is 4.79 Å². The summed E-state index contributed by atoms with van der Waals surface area (Å²) in [6.45, 7) is 14.0. The molecule has 1 aromatic heterocycles. The van der Waals surface area contributed by atoms with Crippen LogP contribution in [0.2, 0.25) is 0 Å². The van der Waals surface area contributed by atoms with Gasteiger partial charge >= 0.3 is 0 Å². The SMILES string of the molecule is Cc1nn(CC(C)C)c(C)c1CC(=O)N1CCNCC1C. The zero-order valence-electron chi connectivity index (χ0n) is 13.9. The maximum Gasteiger partial charge on any atom is 0.227 e. The second kappa shape index (κ2) is 6.60. The molecule has 0 radical (unpaired) electrons. The van der Waals surface area contributed by atoms with Gasteiger partial charge < -0.3 is 10.2 Å². The van der Waals surface area contributed by atoms with Crippen LogP contribution in [0.3, 0.4) is 0 Å². The fourth-order valence-corrected chi connectivity index (χ4v) is 2.98. The van der Waals surface area contributed by atoms with Crippen molar-refractivity contribution in [3.05, 3.63) is 17.0 Å². The normalized spacial score (nSPS) is 19.3. The predicted molar refractivity (Wildman–Crippen MR) is 84.3 cm³/mol. The molecule has 2 heterocycles. The van der Waals surface area contributed by atoms with Crippen molar-refractivity contribution in [3.8, 4) is 0 Å². The number of carbonyl (C=O) groups is 1. The first-order valence-electron chi connectivity index (χ1n) is 7.93. The highest BCUT2D eigenvalue weighted by molar-refractivity contribution is 5.79. The van der Waals surface area contributed by atoms with Crippen molar-refractivity contribution in [1.29, 1.82) is 0 Å². The molecular weight excluding hydrogens is 264 g/mol. The summed E-state index contributed by atoms with van der Waals surface area (Å²) in [5.74, 6) is 0.777. The van der Waals surface area contributed by atoms with E-state index in [2.05, 4.69) is 38.1 Å². The van der Waals surface area contributed by atoms with E-state index in [0.29, 0.717) is 12.3 Å². The Hall–Kier alpha value is -1.36. The highest BCUT2D eigenvalue weighted by Gasteiger charge is 2.25. The molecule has 0 aliphatic carbocycles. The van der Waals surface area contributed by atoms with Crippen LogP contribution in [0.5, 0.6) is 0 Å². The number of nitrogens with one attached hydrogen (secondary N) is 1. The van der Waals surface area contributed by atoms with E-state index < -0.39 is 0 Å². The topological polar surface area (TPSA) is 50.2 Å². The van der Waals surface area contributed by atoms with Crippen molar-refractivity contribution in [1.82, 2.24) is 20.0 Å². The van der Waals surface area contributed by atoms with Crippen molar-refractivity contribution in [2.45, 2.75) is 53.6 Å². The molecule has 1 amide bonds. The molecule has 118 valence electrons. The fourth-order valence-electron chi connectivity index (χ4n) is 2.98. The number of amides is 1. The van der Waals surface area contributed by atoms with Gasteiger partial charge in [0.05, 0.1) is 12.1 Å². The lowest BCUT2D eigenvalue weighted by atomic mass is 10.1. The number of nitrogens with zero attached hydrogens (tertiary/aromatic N) is 3. The molecule has 0 spiro atoms. The molecule has 1 atom stereocenters. The Bertz CT molecular complexity index is 507. The third kappa shape index (κ3) is 3.64. The molecule has 5 heteroatoms. The van der Waals surface area contributed by atoms with E-state index in [4.69, 9.17) is 0 Å². The molecule has 21 heavy (non-hydrogen) atoms. The third-order valence-corrected chi connectivity index (χ3v) is 4.22. The summed E-state index contributed by atoms with van der Waals surface area (Å²) in [5.41, 5.74) is 3.23. The molecule has 1 aromatic rings. The molecule has 0 bridgehead atoms. The van der Waals surface area contributed by atoms with E-state index in [1.54, 1.807) is 0 Å². The summed E-state index contributed by atoms with van der Waals surface area (Å²) < 4.78 is 2.05. The van der Waals surface area contributed by atoms with Crippen molar-refractivity contribution in [3.63, 3.8) is 0 Å². The molecule has 1 unspecified atom stereocenters. The van der Waals surface area contributed by atoms with Gasteiger partial charge in [-0.25, -0.2) is 0 Å². The van der Waals surface area contributed by atoms with Crippen molar-refractivity contribution in [2.75, 3.05) is 19.6 Å². The number of aryl methyl sites for hydroxylation is 1. The Morgan fingerprint density at radius 1 is 1.43 bits per heavy atom. The van der Waals surface area contributed by atoms with E-state index in [1.165, 1.54) is 0 Å². The second-order valence-electron chi connectivity index (χ2n) is 6.54. The van der Waals surface area contributed by atoms with Crippen LogP contribution in [-0.4, -0.2) is 46.3 Å². The highest BCUT2D eigenvalue weighted by Crippen LogP contribution is 2.17. The minimum atomic E-state index is 0.222. The van der Waals surface area contributed by atoms with Gasteiger partial charge in [0.2, 0.25) is 5.91 Å². The molecule has 1 aliphatic heterocycles. The van der Waals surface area contributed by atoms with Crippen LogP contribution in [0, 0.1) is 19.8 Å². The molecular formula is C16H28N4O. The molecule has 0 saturated carbocycles. The molecule has 1 saturated heterocycles. The first-order chi connectivity index (χ1) is 9.90. The lowest BCUT2D eigenvalue weighted by Gasteiger charge is -2.34. The predicted octanol–water partition coefficient (Wildman–Crippen LogP) is 1.52. The first-order valence-corrected chi connectivity index (χ1v) is 7.93. The summed E-state index contributed by atoms with van der Waals surface area (Å²) in [4.78, 5) is 14.6. The van der Waals surface area contributed by atoms with Gasteiger partial charge in [0.1, 0.15) is 0 Å². The number of carbonyl (C=O) groups excluding carboxylic acids is 1. The van der Waals surface area contributed by atoms with E-state index >= 15 is 0 Å². The zero-order chi connectivity index (χ0) is 15.6. The Kier molecular flexibility index (Phi) is 5.04. The number of rotatable bonds is 4. The lowest BCUT2D eigenvalue weighted by molar-refractivity contribution is -0.133. The Morgan fingerprint density at radius 3 is 2.76 bits per heavy atom. The Balaban J connectivity index is 2.11. The van der Waals surface area contributed by atoms with Crippen LogP contribution in [-0.2, 0) is 17.8 Å². The molecule has 1 aliphatic rings. The summed E-state index contributed by atoms with van der Waals surface area (Å²) in [6.07, 6.45) is 0.472. The van der Waals surface area contributed by atoms with Crippen molar-refractivity contribution in [2.24, 2.45) is 5.92 Å². The van der Waals surface area contributed by atoms with Gasteiger partial charge in [-0.15, -0.1) is 0 Å². The van der Waals surface area contributed by atoms with Gasteiger partial charge in [-0.2, -0.15) is 5.10 Å².